The van der Waals surface area contributed by atoms with Crippen molar-refractivity contribution < 1.29 is 13.9 Å². The molecule has 1 aromatic carbocycles. The van der Waals surface area contributed by atoms with E-state index >= 15 is 0 Å². The van der Waals surface area contributed by atoms with E-state index in [1.54, 1.807) is 12.1 Å². The first-order valence-electron chi connectivity index (χ1n) is 9.78. The molecule has 5 nitrogen and oxygen atoms in total. The first kappa shape index (κ1) is 18.9. The van der Waals surface area contributed by atoms with Gasteiger partial charge >= 0.3 is 5.63 Å². The number of hydrogen-bond acceptors (Lipinski definition) is 5. The average Bonchev–Trinajstić information content (AvgIpc) is 2.67. The topological polar surface area (TPSA) is 51.9 Å². The van der Waals surface area contributed by atoms with Gasteiger partial charge in [-0.1, -0.05) is 25.7 Å². The zero-order chi connectivity index (χ0) is 18.0. The summed E-state index contributed by atoms with van der Waals surface area (Å²) in [7, 11) is 0. The molecule has 2 aromatic rings. The highest BCUT2D eigenvalue weighted by atomic mass is 16.5. The summed E-state index contributed by atoms with van der Waals surface area (Å²) in [5.74, 6) is 0.761. The summed E-state index contributed by atoms with van der Waals surface area (Å²) in [5.41, 5.74) is 0.249. The Morgan fingerprint density at radius 1 is 0.923 bits per heavy atom. The number of ether oxygens (including phenoxy) is 2. The predicted molar refractivity (Wildman–Crippen MR) is 103 cm³/mol. The van der Waals surface area contributed by atoms with Crippen molar-refractivity contribution in [3.8, 4) is 5.75 Å². The second-order valence-corrected chi connectivity index (χ2v) is 6.88. The van der Waals surface area contributed by atoms with Gasteiger partial charge in [-0.05, 0) is 37.6 Å². The molecule has 0 unspecified atom stereocenters. The normalized spacial score (nSPS) is 15.4. The molecule has 1 saturated heterocycles. The van der Waals surface area contributed by atoms with E-state index in [-0.39, 0.29) is 5.63 Å². The lowest BCUT2D eigenvalue weighted by Gasteiger charge is -2.26. The van der Waals surface area contributed by atoms with Crippen LogP contribution in [-0.2, 0) is 4.74 Å². The number of fused-ring (bicyclic) bond motifs is 1. The first-order valence-corrected chi connectivity index (χ1v) is 9.78. The molecule has 0 amide bonds. The molecule has 1 fully saturated rings. The van der Waals surface area contributed by atoms with Crippen LogP contribution in [0.5, 0.6) is 5.75 Å². The van der Waals surface area contributed by atoms with Crippen LogP contribution < -0.4 is 10.4 Å². The summed E-state index contributed by atoms with van der Waals surface area (Å²) < 4.78 is 16.3. The van der Waals surface area contributed by atoms with E-state index in [1.165, 1.54) is 44.7 Å². The van der Waals surface area contributed by atoms with Gasteiger partial charge in [-0.3, -0.25) is 4.90 Å². The molecular formula is C21H29NO4. The molecule has 3 rings (SSSR count). The second-order valence-electron chi connectivity index (χ2n) is 6.88. The highest BCUT2D eigenvalue weighted by molar-refractivity contribution is 5.77. The molecule has 0 bridgehead atoms. The van der Waals surface area contributed by atoms with Gasteiger partial charge in [-0.15, -0.1) is 0 Å². The maximum atomic E-state index is 11.3. The van der Waals surface area contributed by atoms with Crippen LogP contribution in [0.1, 0.15) is 38.5 Å². The van der Waals surface area contributed by atoms with Gasteiger partial charge in [0.2, 0.25) is 0 Å². The quantitative estimate of drug-likeness (QED) is 0.476. The van der Waals surface area contributed by atoms with Crippen molar-refractivity contribution >= 4 is 11.0 Å². The summed E-state index contributed by atoms with van der Waals surface area (Å²) in [6, 6.07) is 8.84. The Morgan fingerprint density at radius 3 is 2.50 bits per heavy atom. The fourth-order valence-corrected chi connectivity index (χ4v) is 3.29. The molecule has 0 atom stereocenters. The van der Waals surface area contributed by atoms with E-state index in [1.807, 2.05) is 12.1 Å². The Morgan fingerprint density at radius 2 is 1.65 bits per heavy atom. The highest BCUT2D eigenvalue weighted by Gasteiger charge is 2.08. The third-order valence-electron chi connectivity index (χ3n) is 4.84. The predicted octanol–water partition coefficient (Wildman–Crippen LogP) is 3.84. The fourth-order valence-electron chi connectivity index (χ4n) is 3.29. The monoisotopic (exact) mass is 359 g/mol. The van der Waals surface area contributed by atoms with Crippen LogP contribution in [0.3, 0.4) is 0 Å². The Balaban J connectivity index is 1.23. The summed E-state index contributed by atoms with van der Waals surface area (Å²) in [6.45, 7) is 5.89. The molecular weight excluding hydrogens is 330 g/mol. The summed E-state index contributed by atoms with van der Waals surface area (Å²) in [4.78, 5) is 13.8. The van der Waals surface area contributed by atoms with Crippen molar-refractivity contribution in [3.05, 3.63) is 40.8 Å². The molecule has 0 saturated carbocycles. The maximum absolute atomic E-state index is 11.3. The molecule has 1 aromatic heterocycles. The number of unbranched alkanes of at least 4 members (excludes halogenated alkanes) is 5. The van der Waals surface area contributed by atoms with Crippen LogP contribution >= 0.6 is 0 Å². The Kier molecular flexibility index (Phi) is 7.52. The van der Waals surface area contributed by atoms with E-state index in [9.17, 15) is 4.79 Å². The van der Waals surface area contributed by atoms with E-state index in [2.05, 4.69) is 4.90 Å². The Bertz CT molecular complexity index is 721. The lowest BCUT2D eigenvalue weighted by atomic mass is 10.1. The Hall–Kier alpha value is -1.85. The van der Waals surface area contributed by atoms with Gasteiger partial charge in [0, 0.05) is 30.6 Å². The van der Waals surface area contributed by atoms with Gasteiger partial charge in [-0.25, -0.2) is 4.79 Å². The van der Waals surface area contributed by atoms with Crippen LogP contribution in [0.4, 0.5) is 0 Å². The van der Waals surface area contributed by atoms with Gasteiger partial charge < -0.3 is 13.9 Å². The van der Waals surface area contributed by atoms with Crippen LogP contribution in [-0.4, -0.2) is 44.4 Å². The number of nitrogens with zero attached hydrogens (tertiary/aromatic N) is 1. The van der Waals surface area contributed by atoms with Crippen molar-refractivity contribution in [1.29, 1.82) is 0 Å². The summed E-state index contributed by atoms with van der Waals surface area (Å²) in [5, 5.41) is 0.911. The molecule has 1 aliphatic heterocycles. The molecule has 142 valence electrons. The largest absolute Gasteiger partial charge is 0.493 e. The van der Waals surface area contributed by atoms with Crippen molar-refractivity contribution in [3.63, 3.8) is 0 Å². The maximum Gasteiger partial charge on any atom is 0.336 e. The minimum atomic E-state index is -0.330. The molecule has 2 heterocycles. The van der Waals surface area contributed by atoms with E-state index in [4.69, 9.17) is 13.9 Å². The molecule has 0 radical (unpaired) electrons. The lowest BCUT2D eigenvalue weighted by molar-refractivity contribution is 0.0371. The molecule has 0 N–H and O–H groups in total. The van der Waals surface area contributed by atoms with E-state index in [0.717, 1.165) is 43.9 Å². The fraction of sp³-hybridized carbons (Fsp3) is 0.571. The number of morpholine rings is 1. The van der Waals surface area contributed by atoms with Crippen molar-refractivity contribution in [1.82, 2.24) is 4.90 Å². The van der Waals surface area contributed by atoms with Gasteiger partial charge in [0.05, 0.1) is 19.8 Å². The van der Waals surface area contributed by atoms with E-state index in [0.29, 0.717) is 12.2 Å². The Labute approximate surface area is 154 Å². The molecule has 1 aliphatic rings. The first-order chi connectivity index (χ1) is 12.8. The molecule has 0 spiro atoms. The summed E-state index contributed by atoms with van der Waals surface area (Å²) >= 11 is 0. The van der Waals surface area contributed by atoms with Crippen molar-refractivity contribution in [2.75, 3.05) is 39.5 Å². The van der Waals surface area contributed by atoms with Gasteiger partial charge in [0.1, 0.15) is 11.3 Å². The second kappa shape index (κ2) is 10.3. The van der Waals surface area contributed by atoms with Crippen LogP contribution in [0, 0.1) is 0 Å². The third-order valence-corrected chi connectivity index (χ3v) is 4.84. The third kappa shape index (κ3) is 6.15. The lowest BCUT2D eigenvalue weighted by Crippen LogP contribution is -2.36. The number of rotatable bonds is 10. The number of hydrogen-bond donors (Lipinski definition) is 0. The standard InChI is InChI=1S/C21H29NO4/c23-21-10-8-18-7-9-19(17-20(18)26-21)25-14-6-4-2-1-3-5-11-22-12-15-24-16-13-22/h7-10,17H,1-6,11-16H2. The minimum absolute atomic E-state index is 0.330. The highest BCUT2D eigenvalue weighted by Crippen LogP contribution is 2.19. The van der Waals surface area contributed by atoms with Gasteiger partial charge in [0.15, 0.2) is 0 Å². The van der Waals surface area contributed by atoms with Crippen molar-refractivity contribution in [2.24, 2.45) is 0 Å². The zero-order valence-corrected chi connectivity index (χ0v) is 15.5. The minimum Gasteiger partial charge on any atom is -0.493 e. The smallest absolute Gasteiger partial charge is 0.336 e. The molecule has 5 heteroatoms. The van der Waals surface area contributed by atoms with Crippen LogP contribution in [0.2, 0.25) is 0 Å². The van der Waals surface area contributed by atoms with Crippen molar-refractivity contribution in [2.45, 2.75) is 38.5 Å². The van der Waals surface area contributed by atoms with Crippen LogP contribution in [0.15, 0.2) is 39.5 Å². The molecule has 26 heavy (non-hydrogen) atoms. The number of benzene rings is 1. The molecule has 0 aliphatic carbocycles. The SMILES string of the molecule is O=c1ccc2ccc(OCCCCCCCCN3CCOCC3)cc2o1. The summed E-state index contributed by atoms with van der Waals surface area (Å²) in [6.07, 6.45) is 7.41. The zero-order valence-electron chi connectivity index (χ0n) is 15.5. The van der Waals surface area contributed by atoms with E-state index < -0.39 is 0 Å². The average molecular weight is 359 g/mol. The van der Waals surface area contributed by atoms with Gasteiger partial charge in [0.25, 0.3) is 0 Å². The van der Waals surface area contributed by atoms with Crippen LogP contribution in [0.25, 0.3) is 11.0 Å². The van der Waals surface area contributed by atoms with Gasteiger partial charge in [-0.2, -0.15) is 0 Å².